The molecule has 3 aromatic carbocycles. The Hall–Kier alpha value is -5.51. The highest BCUT2D eigenvalue weighted by Gasteiger charge is 2.34. The molecule has 10 nitrogen and oxygen atoms in total. The highest BCUT2D eigenvalue weighted by atomic mass is 16.5. The third-order valence-corrected chi connectivity index (χ3v) is 6.84. The molecular formula is C35H37NO9. The topological polar surface area (TPSA) is 119 Å². The number of amides is 1. The molecule has 236 valence electrons. The maximum absolute atomic E-state index is 13.9. The molecule has 0 spiro atoms. The summed E-state index contributed by atoms with van der Waals surface area (Å²) in [5.74, 6) is -0.631. The van der Waals surface area contributed by atoms with Gasteiger partial charge in [0.2, 0.25) is 17.4 Å². The van der Waals surface area contributed by atoms with Crippen molar-refractivity contribution in [2.75, 3.05) is 42.7 Å². The van der Waals surface area contributed by atoms with Crippen molar-refractivity contribution in [1.29, 1.82) is 0 Å². The molecule has 3 aromatic rings. The molecule has 1 unspecified atom stereocenters. The minimum atomic E-state index is -1.34. The lowest BCUT2D eigenvalue weighted by molar-refractivity contribution is -0.129. The SMILES string of the molecule is C=CC(=O)NC(c1ccccc1)C(C(=O)/C=C/c1cc(OC)c(OC)c(OC)c1)C(=O)/C=C/c1cc(OC)c(OC)c(OC)c1. The Labute approximate surface area is 262 Å². The van der Waals surface area contributed by atoms with Crippen molar-refractivity contribution in [2.45, 2.75) is 6.04 Å². The van der Waals surface area contributed by atoms with Crippen LogP contribution in [0.1, 0.15) is 22.7 Å². The average Bonchev–Trinajstić information content (AvgIpc) is 3.08. The first-order valence-electron chi connectivity index (χ1n) is 13.8. The number of carbonyl (C=O) groups is 3. The number of benzene rings is 3. The number of allylic oxidation sites excluding steroid dienone is 2. The number of methoxy groups -OCH3 is 6. The van der Waals surface area contributed by atoms with E-state index in [4.69, 9.17) is 28.4 Å². The van der Waals surface area contributed by atoms with E-state index in [2.05, 4.69) is 11.9 Å². The van der Waals surface area contributed by atoms with E-state index < -0.39 is 29.4 Å². The fraction of sp³-hybridized carbons (Fsp3) is 0.229. The molecule has 0 aliphatic rings. The molecule has 0 aliphatic carbocycles. The minimum absolute atomic E-state index is 0.393. The van der Waals surface area contributed by atoms with E-state index >= 15 is 0 Å². The predicted octanol–water partition coefficient (Wildman–Crippen LogP) is 5.26. The molecule has 0 fully saturated rings. The fourth-order valence-corrected chi connectivity index (χ4v) is 4.66. The Morgan fingerprint density at radius 1 is 0.644 bits per heavy atom. The van der Waals surface area contributed by atoms with Crippen molar-refractivity contribution in [3.05, 3.63) is 96.1 Å². The highest BCUT2D eigenvalue weighted by molar-refractivity contribution is 6.14. The van der Waals surface area contributed by atoms with Gasteiger partial charge in [-0.1, -0.05) is 49.1 Å². The van der Waals surface area contributed by atoms with Crippen LogP contribution in [0.25, 0.3) is 12.2 Å². The molecule has 0 saturated carbocycles. The van der Waals surface area contributed by atoms with Crippen LogP contribution in [0.4, 0.5) is 0 Å². The van der Waals surface area contributed by atoms with Crippen LogP contribution in [0.15, 0.2) is 79.4 Å². The van der Waals surface area contributed by atoms with E-state index in [1.807, 2.05) is 0 Å². The van der Waals surface area contributed by atoms with Crippen LogP contribution in [0, 0.1) is 5.92 Å². The fourth-order valence-electron chi connectivity index (χ4n) is 4.66. The lowest BCUT2D eigenvalue weighted by atomic mass is 9.85. The Morgan fingerprint density at radius 3 is 1.38 bits per heavy atom. The quantitative estimate of drug-likeness (QED) is 0.170. The first-order valence-corrected chi connectivity index (χ1v) is 13.8. The highest BCUT2D eigenvalue weighted by Crippen LogP contribution is 2.40. The maximum atomic E-state index is 13.9. The number of carbonyl (C=O) groups excluding carboxylic acids is 3. The van der Waals surface area contributed by atoms with Gasteiger partial charge in [-0.2, -0.15) is 0 Å². The molecule has 10 heteroatoms. The number of ketones is 2. The lowest BCUT2D eigenvalue weighted by Gasteiger charge is -2.25. The summed E-state index contributed by atoms with van der Waals surface area (Å²) in [6.45, 7) is 3.52. The van der Waals surface area contributed by atoms with Gasteiger partial charge in [-0.3, -0.25) is 14.4 Å². The van der Waals surface area contributed by atoms with Gasteiger partial charge in [-0.15, -0.1) is 0 Å². The van der Waals surface area contributed by atoms with Gasteiger partial charge in [0.1, 0.15) is 5.92 Å². The standard InChI is InChI=1S/C35H37NO9/c1-8-31(39)36-33(24-12-10-9-11-13-24)32(25(37)16-14-22-18-27(40-2)34(44-6)28(19-22)41-3)26(38)17-15-23-20-29(42-4)35(45-7)30(21-23)43-5/h8-21,32-33H,1H2,2-7H3,(H,36,39)/b16-14+,17-15+. The van der Waals surface area contributed by atoms with Gasteiger partial charge in [-0.25, -0.2) is 0 Å². The van der Waals surface area contributed by atoms with Crippen LogP contribution >= 0.6 is 0 Å². The van der Waals surface area contributed by atoms with Crippen molar-refractivity contribution in [2.24, 2.45) is 5.92 Å². The molecule has 1 atom stereocenters. The van der Waals surface area contributed by atoms with Gasteiger partial charge < -0.3 is 33.7 Å². The Kier molecular flexibility index (Phi) is 12.4. The Bertz CT molecular complexity index is 1440. The van der Waals surface area contributed by atoms with E-state index in [-0.39, 0.29) is 0 Å². The summed E-state index contributed by atoms with van der Waals surface area (Å²) in [5.41, 5.74) is 1.67. The van der Waals surface area contributed by atoms with E-state index in [9.17, 15) is 14.4 Å². The maximum Gasteiger partial charge on any atom is 0.243 e. The van der Waals surface area contributed by atoms with Gasteiger partial charge in [-0.05, 0) is 59.2 Å². The summed E-state index contributed by atoms with van der Waals surface area (Å²) >= 11 is 0. The summed E-state index contributed by atoms with van der Waals surface area (Å²) in [4.78, 5) is 40.4. The third-order valence-electron chi connectivity index (χ3n) is 6.84. The zero-order valence-corrected chi connectivity index (χ0v) is 26.1. The molecular weight excluding hydrogens is 578 g/mol. The molecule has 0 saturated heterocycles. The van der Waals surface area contributed by atoms with Crippen LogP contribution < -0.4 is 33.7 Å². The number of ether oxygens (including phenoxy) is 6. The van der Waals surface area contributed by atoms with Crippen molar-refractivity contribution >= 4 is 29.6 Å². The summed E-state index contributed by atoms with van der Waals surface area (Å²) in [6.07, 6.45) is 6.72. The number of hydrogen-bond donors (Lipinski definition) is 1. The van der Waals surface area contributed by atoms with E-state index in [0.717, 1.165) is 6.08 Å². The second-order valence-electron chi connectivity index (χ2n) is 9.47. The Balaban J connectivity index is 2.10. The Morgan fingerprint density at radius 2 is 1.04 bits per heavy atom. The second kappa shape index (κ2) is 16.4. The third kappa shape index (κ3) is 8.32. The van der Waals surface area contributed by atoms with E-state index in [1.165, 1.54) is 67.0 Å². The van der Waals surface area contributed by atoms with Crippen molar-refractivity contribution in [1.82, 2.24) is 5.32 Å². The lowest BCUT2D eigenvalue weighted by Crippen LogP contribution is -2.39. The van der Waals surface area contributed by atoms with E-state index in [1.54, 1.807) is 54.6 Å². The van der Waals surface area contributed by atoms with Crippen LogP contribution in [-0.4, -0.2) is 60.1 Å². The molecule has 0 bridgehead atoms. The predicted molar refractivity (Wildman–Crippen MR) is 171 cm³/mol. The minimum Gasteiger partial charge on any atom is -0.493 e. The first-order chi connectivity index (χ1) is 21.7. The summed E-state index contributed by atoms with van der Waals surface area (Å²) in [6, 6.07) is 14.4. The number of rotatable bonds is 16. The first kappa shape index (κ1) is 34.0. The zero-order valence-electron chi connectivity index (χ0n) is 26.1. The van der Waals surface area contributed by atoms with Gasteiger partial charge in [0.05, 0.1) is 48.7 Å². The monoisotopic (exact) mass is 615 g/mol. The normalized spacial score (nSPS) is 11.6. The van der Waals surface area contributed by atoms with Gasteiger partial charge in [0.15, 0.2) is 34.6 Å². The summed E-state index contributed by atoms with van der Waals surface area (Å²) < 4.78 is 32.4. The van der Waals surface area contributed by atoms with E-state index in [0.29, 0.717) is 51.2 Å². The molecule has 3 rings (SSSR count). The van der Waals surface area contributed by atoms with Crippen LogP contribution in [0.5, 0.6) is 34.5 Å². The molecule has 0 aromatic heterocycles. The van der Waals surface area contributed by atoms with Crippen LogP contribution in [0.3, 0.4) is 0 Å². The van der Waals surface area contributed by atoms with Crippen molar-refractivity contribution < 1.29 is 42.8 Å². The summed E-state index contributed by atoms with van der Waals surface area (Å²) in [7, 11) is 8.91. The molecule has 0 heterocycles. The van der Waals surface area contributed by atoms with Gasteiger partial charge in [0.25, 0.3) is 0 Å². The molecule has 45 heavy (non-hydrogen) atoms. The average molecular weight is 616 g/mol. The molecule has 0 aliphatic heterocycles. The second-order valence-corrected chi connectivity index (χ2v) is 9.47. The van der Waals surface area contributed by atoms with Crippen LogP contribution in [-0.2, 0) is 14.4 Å². The van der Waals surface area contributed by atoms with Gasteiger partial charge in [0, 0.05) is 0 Å². The molecule has 1 N–H and O–H groups in total. The number of hydrogen-bond acceptors (Lipinski definition) is 9. The number of nitrogens with one attached hydrogen (secondary N) is 1. The zero-order chi connectivity index (χ0) is 32.9. The van der Waals surface area contributed by atoms with Crippen molar-refractivity contribution in [3.63, 3.8) is 0 Å². The molecule has 0 radical (unpaired) electrons. The van der Waals surface area contributed by atoms with Crippen molar-refractivity contribution in [3.8, 4) is 34.5 Å². The largest absolute Gasteiger partial charge is 0.493 e. The van der Waals surface area contributed by atoms with Gasteiger partial charge >= 0.3 is 0 Å². The smallest absolute Gasteiger partial charge is 0.243 e. The van der Waals surface area contributed by atoms with Crippen LogP contribution in [0.2, 0.25) is 0 Å². The summed E-state index contributed by atoms with van der Waals surface area (Å²) in [5, 5.41) is 2.76. The molecule has 1 amide bonds.